The van der Waals surface area contributed by atoms with Gasteiger partial charge in [0.25, 0.3) is 0 Å². The van der Waals surface area contributed by atoms with E-state index in [9.17, 15) is 0 Å². The van der Waals surface area contributed by atoms with Gasteiger partial charge in [-0.25, -0.2) is 4.98 Å². The predicted octanol–water partition coefficient (Wildman–Crippen LogP) is 4.77. The van der Waals surface area contributed by atoms with Crippen LogP contribution in [0.15, 0.2) is 22.6 Å². The second-order valence-corrected chi connectivity index (χ2v) is 6.75. The third kappa shape index (κ3) is 2.82. The number of oxazole rings is 1. The van der Waals surface area contributed by atoms with Crippen molar-refractivity contribution >= 4 is 16.8 Å². The van der Waals surface area contributed by atoms with E-state index in [-0.39, 0.29) is 0 Å². The van der Waals surface area contributed by atoms with Crippen molar-refractivity contribution in [1.29, 1.82) is 0 Å². The first-order valence-corrected chi connectivity index (χ1v) is 7.72. The average molecular weight is 272 g/mol. The molecule has 1 aromatic carbocycles. The Morgan fingerprint density at radius 3 is 3.00 bits per heavy atom. The fraction of sp³-hybridized carbons (Fsp3) is 0.588. The maximum absolute atomic E-state index is 5.66. The second kappa shape index (κ2) is 5.12. The highest BCUT2D eigenvalue weighted by Crippen LogP contribution is 2.36. The second-order valence-electron chi connectivity index (χ2n) is 6.75. The number of fused-ring (bicyclic) bond motifs is 1. The number of nitrogens with one attached hydrogen (secondary N) is 1. The first-order chi connectivity index (χ1) is 9.55. The maximum Gasteiger partial charge on any atom is 0.195 e. The SMILES string of the molecule is CCc1nc2cc(NC3CCCC(C)(C)C3)ccc2o1. The number of aryl methyl sites for hydroxylation is 1. The molecule has 1 aliphatic carbocycles. The lowest BCUT2D eigenvalue weighted by Gasteiger charge is -2.36. The summed E-state index contributed by atoms with van der Waals surface area (Å²) in [7, 11) is 0. The molecule has 3 nitrogen and oxygen atoms in total. The van der Waals surface area contributed by atoms with Gasteiger partial charge in [0.15, 0.2) is 11.5 Å². The average Bonchev–Trinajstić information content (AvgIpc) is 2.79. The molecule has 1 fully saturated rings. The van der Waals surface area contributed by atoms with Crippen LogP contribution in [0.25, 0.3) is 11.1 Å². The van der Waals surface area contributed by atoms with Gasteiger partial charge in [-0.15, -0.1) is 0 Å². The predicted molar refractivity (Wildman–Crippen MR) is 83.0 cm³/mol. The lowest BCUT2D eigenvalue weighted by atomic mass is 9.75. The Labute approximate surface area is 120 Å². The monoisotopic (exact) mass is 272 g/mol. The lowest BCUT2D eigenvalue weighted by Crippen LogP contribution is -2.31. The fourth-order valence-corrected chi connectivity index (χ4v) is 3.27. The topological polar surface area (TPSA) is 38.1 Å². The van der Waals surface area contributed by atoms with Crippen LogP contribution in [-0.4, -0.2) is 11.0 Å². The zero-order valence-corrected chi connectivity index (χ0v) is 12.7. The molecule has 1 aromatic heterocycles. The Bertz CT molecular complexity index is 600. The minimum absolute atomic E-state index is 0.462. The summed E-state index contributed by atoms with van der Waals surface area (Å²) in [5.74, 6) is 0.816. The summed E-state index contributed by atoms with van der Waals surface area (Å²) >= 11 is 0. The lowest BCUT2D eigenvalue weighted by molar-refractivity contribution is 0.229. The van der Waals surface area contributed by atoms with Crippen LogP contribution < -0.4 is 5.32 Å². The molecule has 0 amide bonds. The van der Waals surface area contributed by atoms with Crippen LogP contribution >= 0.6 is 0 Å². The van der Waals surface area contributed by atoms with Crippen LogP contribution in [0, 0.1) is 5.41 Å². The summed E-state index contributed by atoms with van der Waals surface area (Å²) in [6.07, 6.45) is 6.00. The fourth-order valence-electron chi connectivity index (χ4n) is 3.27. The minimum atomic E-state index is 0.462. The van der Waals surface area contributed by atoms with Crippen molar-refractivity contribution in [3.05, 3.63) is 24.1 Å². The van der Waals surface area contributed by atoms with Gasteiger partial charge in [0.05, 0.1) is 0 Å². The highest BCUT2D eigenvalue weighted by Gasteiger charge is 2.27. The quantitative estimate of drug-likeness (QED) is 0.874. The molecule has 0 radical (unpaired) electrons. The summed E-state index contributed by atoms with van der Waals surface area (Å²) in [6, 6.07) is 6.82. The Kier molecular flexibility index (Phi) is 3.45. The van der Waals surface area contributed by atoms with Gasteiger partial charge in [0.2, 0.25) is 0 Å². The van der Waals surface area contributed by atoms with E-state index in [1.165, 1.54) is 25.7 Å². The molecule has 1 heterocycles. The van der Waals surface area contributed by atoms with E-state index in [4.69, 9.17) is 4.42 Å². The van der Waals surface area contributed by atoms with E-state index >= 15 is 0 Å². The van der Waals surface area contributed by atoms with E-state index in [1.54, 1.807) is 0 Å². The molecule has 1 N–H and O–H groups in total. The number of hydrogen-bond donors (Lipinski definition) is 1. The molecule has 20 heavy (non-hydrogen) atoms. The summed E-state index contributed by atoms with van der Waals surface area (Å²) < 4.78 is 5.66. The highest BCUT2D eigenvalue weighted by molar-refractivity contribution is 5.77. The van der Waals surface area contributed by atoms with Crippen LogP contribution in [0.4, 0.5) is 5.69 Å². The van der Waals surface area contributed by atoms with Gasteiger partial charge in [0, 0.05) is 18.2 Å². The van der Waals surface area contributed by atoms with Gasteiger partial charge in [-0.3, -0.25) is 0 Å². The molecule has 0 saturated heterocycles. The van der Waals surface area contributed by atoms with E-state index in [2.05, 4.69) is 43.2 Å². The zero-order valence-electron chi connectivity index (χ0n) is 12.7. The van der Waals surface area contributed by atoms with Crippen molar-refractivity contribution in [3.8, 4) is 0 Å². The third-order valence-electron chi connectivity index (χ3n) is 4.31. The molecule has 0 spiro atoms. The molecule has 0 aliphatic heterocycles. The maximum atomic E-state index is 5.66. The van der Waals surface area contributed by atoms with Gasteiger partial charge in [0.1, 0.15) is 5.52 Å². The van der Waals surface area contributed by atoms with Crippen molar-refractivity contribution in [2.45, 2.75) is 58.9 Å². The number of anilines is 1. The smallest absolute Gasteiger partial charge is 0.195 e. The highest BCUT2D eigenvalue weighted by atomic mass is 16.3. The molecule has 108 valence electrons. The van der Waals surface area contributed by atoms with E-state index in [1.807, 2.05) is 6.07 Å². The van der Waals surface area contributed by atoms with Crippen LogP contribution in [-0.2, 0) is 6.42 Å². The molecule has 2 aromatic rings. The first kappa shape index (κ1) is 13.5. The molecular formula is C17H24N2O. The Hall–Kier alpha value is -1.51. The van der Waals surface area contributed by atoms with Crippen molar-refractivity contribution in [2.24, 2.45) is 5.41 Å². The van der Waals surface area contributed by atoms with E-state index < -0.39 is 0 Å². The third-order valence-corrected chi connectivity index (χ3v) is 4.31. The number of nitrogens with zero attached hydrogens (tertiary/aromatic N) is 1. The molecular weight excluding hydrogens is 248 g/mol. The molecule has 3 heteroatoms. The van der Waals surface area contributed by atoms with Crippen molar-refractivity contribution < 1.29 is 4.42 Å². The Morgan fingerprint density at radius 2 is 2.25 bits per heavy atom. The van der Waals surface area contributed by atoms with Gasteiger partial charge in [-0.1, -0.05) is 27.2 Å². The zero-order chi connectivity index (χ0) is 14.2. The largest absolute Gasteiger partial charge is 0.441 e. The number of aromatic nitrogens is 1. The summed E-state index contributed by atoms with van der Waals surface area (Å²) in [4.78, 5) is 4.51. The molecule has 1 aliphatic rings. The van der Waals surface area contributed by atoms with Crippen molar-refractivity contribution in [2.75, 3.05) is 5.32 Å². The Morgan fingerprint density at radius 1 is 1.40 bits per heavy atom. The molecule has 1 saturated carbocycles. The number of rotatable bonds is 3. The van der Waals surface area contributed by atoms with Gasteiger partial charge >= 0.3 is 0 Å². The number of hydrogen-bond acceptors (Lipinski definition) is 3. The summed E-state index contributed by atoms with van der Waals surface area (Å²) in [5, 5.41) is 3.67. The van der Waals surface area contributed by atoms with Crippen LogP contribution in [0.2, 0.25) is 0 Å². The van der Waals surface area contributed by atoms with Crippen LogP contribution in [0.5, 0.6) is 0 Å². The van der Waals surface area contributed by atoms with Gasteiger partial charge < -0.3 is 9.73 Å². The Balaban J connectivity index is 1.77. The first-order valence-electron chi connectivity index (χ1n) is 7.72. The van der Waals surface area contributed by atoms with Crippen molar-refractivity contribution in [3.63, 3.8) is 0 Å². The normalized spacial score (nSPS) is 22.1. The molecule has 0 bridgehead atoms. The van der Waals surface area contributed by atoms with Crippen molar-refractivity contribution in [1.82, 2.24) is 4.98 Å². The number of benzene rings is 1. The van der Waals surface area contributed by atoms with Gasteiger partial charge in [-0.05, 0) is 42.9 Å². The minimum Gasteiger partial charge on any atom is -0.441 e. The summed E-state index contributed by atoms with van der Waals surface area (Å²) in [6.45, 7) is 6.80. The molecule has 3 rings (SSSR count). The molecule has 1 unspecified atom stereocenters. The van der Waals surface area contributed by atoms with Gasteiger partial charge in [-0.2, -0.15) is 0 Å². The van der Waals surface area contributed by atoms with Crippen LogP contribution in [0.1, 0.15) is 52.3 Å². The van der Waals surface area contributed by atoms with E-state index in [0.717, 1.165) is 29.1 Å². The molecule has 1 atom stereocenters. The summed E-state index contributed by atoms with van der Waals surface area (Å²) in [5.41, 5.74) is 3.47. The standard InChI is InChI=1S/C17H24N2O/c1-4-16-19-14-10-12(7-8-15(14)20-16)18-13-6-5-9-17(2,3)11-13/h7-8,10,13,18H,4-6,9,11H2,1-3H3. The van der Waals surface area contributed by atoms with E-state index in [0.29, 0.717) is 11.5 Å². The van der Waals surface area contributed by atoms with Crippen LogP contribution in [0.3, 0.4) is 0 Å².